The van der Waals surface area contributed by atoms with E-state index >= 15 is 0 Å². The van der Waals surface area contributed by atoms with E-state index in [1.54, 1.807) is 24.3 Å². The number of anilines is 1. The van der Waals surface area contributed by atoms with Crippen molar-refractivity contribution in [1.82, 2.24) is 15.3 Å². The van der Waals surface area contributed by atoms with Gasteiger partial charge in [-0.15, -0.1) is 0 Å². The Bertz CT molecular complexity index is 1020. The number of aromatic nitrogens is 2. The van der Waals surface area contributed by atoms with Crippen molar-refractivity contribution in [2.45, 2.75) is 10.9 Å². The maximum absolute atomic E-state index is 14.5. The molecule has 27 heavy (non-hydrogen) atoms. The molecule has 0 radical (unpaired) electrons. The number of hydrogen-bond acceptors (Lipinski definition) is 4. The first kappa shape index (κ1) is 18.7. The highest BCUT2D eigenvalue weighted by atomic mass is 35.5. The molecule has 0 bridgehead atoms. The molecule has 1 saturated heterocycles. The molecule has 2 heterocycles. The Hall–Kier alpha value is -1.67. The third kappa shape index (κ3) is 3.82. The van der Waals surface area contributed by atoms with Gasteiger partial charge in [0.15, 0.2) is 5.16 Å². The minimum absolute atomic E-state index is 0.173. The maximum Gasteiger partial charge on any atom is 0.197 e. The molecule has 5 nitrogen and oxygen atoms in total. The minimum Gasteiger partial charge on any atom is -0.367 e. The molecule has 1 aliphatic heterocycles. The number of halogens is 3. The Morgan fingerprint density at radius 1 is 1.22 bits per heavy atom. The van der Waals surface area contributed by atoms with Crippen molar-refractivity contribution in [3.05, 3.63) is 51.8 Å². The van der Waals surface area contributed by atoms with Gasteiger partial charge in [-0.3, -0.25) is 4.21 Å². The second-order valence-corrected chi connectivity index (χ2v) is 8.45. The smallest absolute Gasteiger partial charge is 0.197 e. The standard InChI is InChI=1S/C18H17Cl2FN4OS/c19-12-3-1-2-11(17(12)20)10-27(26)18-23-14-8-13(21)16(9-15(14)24-18)25-6-4-22-5-7-25/h1-3,8-9,22H,4-7,10H2,(H,23,24). The molecule has 3 aromatic rings. The summed E-state index contributed by atoms with van der Waals surface area (Å²) in [7, 11) is -1.46. The second kappa shape index (κ2) is 7.75. The number of nitrogens with zero attached hydrogens (tertiary/aromatic N) is 2. The molecule has 0 saturated carbocycles. The summed E-state index contributed by atoms with van der Waals surface area (Å²) >= 11 is 12.2. The summed E-state index contributed by atoms with van der Waals surface area (Å²) in [6.45, 7) is 3.10. The summed E-state index contributed by atoms with van der Waals surface area (Å²) in [5.74, 6) is -0.143. The van der Waals surface area contributed by atoms with Crippen LogP contribution >= 0.6 is 23.2 Å². The first-order chi connectivity index (χ1) is 13.0. The van der Waals surface area contributed by atoms with Gasteiger partial charge in [-0.1, -0.05) is 35.3 Å². The maximum atomic E-state index is 14.5. The van der Waals surface area contributed by atoms with E-state index in [0.29, 0.717) is 32.3 Å². The van der Waals surface area contributed by atoms with Gasteiger partial charge in [0.1, 0.15) is 5.82 Å². The van der Waals surface area contributed by atoms with Crippen molar-refractivity contribution >= 4 is 50.7 Å². The Labute approximate surface area is 168 Å². The van der Waals surface area contributed by atoms with E-state index in [9.17, 15) is 8.60 Å². The number of imidazole rings is 1. The third-order valence-electron chi connectivity index (χ3n) is 4.52. The number of hydrogen-bond donors (Lipinski definition) is 2. The Balaban J connectivity index is 1.62. The van der Waals surface area contributed by atoms with E-state index in [-0.39, 0.29) is 16.7 Å². The Morgan fingerprint density at radius 2 is 2.00 bits per heavy atom. The first-order valence-electron chi connectivity index (χ1n) is 8.49. The molecular weight excluding hydrogens is 410 g/mol. The average molecular weight is 427 g/mol. The van der Waals surface area contributed by atoms with E-state index in [0.717, 1.165) is 26.2 Å². The van der Waals surface area contributed by atoms with Gasteiger partial charge >= 0.3 is 0 Å². The zero-order valence-electron chi connectivity index (χ0n) is 14.3. The van der Waals surface area contributed by atoms with Crippen LogP contribution in [-0.4, -0.2) is 40.4 Å². The van der Waals surface area contributed by atoms with Crippen molar-refractivity contribution in [3.8, 4) is 0 Å². The van der Waals surface area contributed by atoms with Crippen LogP contribution in [0.2, 0.25) is 10.0 Å². The van der Waals surface area contributed by atoms with Gasteiger partial charge < -0.3 is 15.2 Å². The molecule has 9 heteroatoms. The molecule has 142 valence electrons. The molecule has 1 unspecified atom stereocenters. The molecule has 2 N–H and O–H groups in total. The molecular formula is C18H17Cl2FN4OS. The fourth-order valence-electron chi connectivity index (χ4n) is 3.12. The van der Waals surface area contributed by atoms with E-state index in [1.165, 1.54) is 6.07 Å². The zero-order valence-corrected chi connectivity index (χ0v) is 16.6. The second-order valence-electron chi connectivity index (χ2n) is 6.30. The van der Waals surface area contributed by atoms with Crippen molar-refractivity contribution in [2.24, 2.45) is 0 Å². The lowest BCUT2D eigenvalue weighted by Crippen LogP contribution is -2.43. The molecule has 0 amide bonds. The highest BCUT2D eigenvalue weighted by molar-refractivity contribution is 7.84. The van der Waals surface area contributed by atoms with Crippen molar-refractivity contribution in [2.75, 3.05) is 31.1 Å². The summed E-state index contributed by atoms with van der Waals surface area (Å²) in [6, 6.07) is 8.33. The number of nitrogens with one attached hydrogen (secondary N) is 2. The number of H-pyrrole nitrogens is 1. The highest BCUT2D eigenvalue weighted by Crippen LogP contribution is 2.29. The molecule has 4 rings (SSSR count). The van der Waals surface area contributed by atoms with Gasteiger partial charge in [-0.2, -0.15) is 0 Å². The van der Waals surface area contributed by atoms with E-state index < -0.39 is 10.8 Å². The van der Waals surface area contributed by atoms with Crippen LogP contribution in [0.15, 0.2) is 35.5 Å². The van der Waals surface area contributed by atoms with Crippen LogP contribution < -0.4 is 10.2 Å². The molecule has 2 aromatic carbocycles. The summed E-state index contributed by atoms with van der Waals surface area (Å²) < 4.78 is 27.3. The fraction of sp³-hybridized carbons (Fsp3) is 0.278. The molecule has 1 aromatic heterocycles. The monoisotopic (exact) mass is 426 g/mol. The quantitative estimate of drug-likeness (QED) is 0.666. The number of benzene rings is 2. The summed E-state index contributed by atoms with van der Waals surface area (Å²) in [4.78, 5) is 9.37. The van der Waals surface area contributed by atoms with Crippen LogP contribution in [0.4, 0.5) is 10.1 Å². The molecule has 1 atom stereocenters. The Kier molecular flexibility index (Phi) is 5.36. The summed E-state index contributed by atoms with van der Waals surface area (Å²) in [6.07, 6.45) is 0. The normalized spacial score (nSPS) is 16.0. The molecule has 1 aliphatic rings. The zero-order chi connectivity index (χ0) is 19.0. The van der Waals surface area contributed by atoms with Crippen LogP contribution in [0.1, 0.15) is 5.56 Å². The van der Waals surface area contributed by atoms with Crippen LogP contribution in [0.5, 0.6) is 0 Å². The predicted octanol–water partition coefficient (Wildman–Crippen LogP) is 3.73. The van der Waals surface area contributed by atoms with Crippen molar-refractivity contribution < 1.29 is 8.60 Å². The molecule has 0 spiro atoms. The predicted molar refractivity (Wildman–Crippen MR) is 108 cm³/mol. The molecule has 1 fully saturated rings. The highest BCUT2D eigenvalue weighted by Gasteiger charge is 2.19. The van der Waals surface area contributed by atoms with Gasteiger partial charge in [0.25, 0.3) is 0 Å². The number of piperazine rings is 1. The van der Waals surface area contributed by atoms with Crippen LogP contribution in [0.3, 0.4) is 0 Å². The topological polar surface area (TPSA) is 61.0 Å². The molecule has 0 aliphatic carbocycles. The third-order valence-corrected chi connectivity index (χ3v) is 6.58. The largest absolute Gasteiger partial charge is 0.367 e. The minimum atomic E-state index is -1.46. The van der Waals surface area contributed by atoms with Gasteiger partial charge in [-0.05, 0) is 17.7 Å². The lowest BCUT2D eigenvalue weighted by Gasteiger charge is -2.29. The number of rotatable bonds is 4. The van der Waals surface area contributed by atoms with Gasteiger partial charge in [0.05, 0.1) is 43.3 Å². The van der Waals surface area contributed by atoms with Gasteiger partial charge in [0.2, 0.25) is 0 Å². The van der Waals surface area contributed by atoms with Crippen LogP contribution in [0, 0.1) is 5.82 Å². The average Bonchev–Trinajstić information content (AvgIpc) is 3.08. The lowest BCUT2D eigenvalue weighted by atomic mass is 10.2. The van der Waals surface area contributed by atoms with E-state index in [1.807, 2.05) is 4.90 Å². The van der Waals surface area contributed by atoms with Gasteiger partial charge in [-0.25, -0.2) is 9.37 Å². The van der Waals surface area contributed by atoms with E-state index in [2.05, 4.69) is 15.3 Å². The lowest BCUT2D eigenvalue weighted by molar-refractivity contribution is 0.567. The number of aromatic amines is 1. The first-order valence-corrected chi connectivity index (χ1v) is 10.6. The van der Waals surface area contributed by atoms with Crippen molar-refractivity contribution in [1.29, 1.82) is 0 Å². The summed E-state index contributed by atoms with van der Waals surface area (Å²) in [5.41, 5.74) is 2.30. The summed E-state index contributed by atoms with van der Waals surface area (Å²) in [5, 5.41) is 4.34. The van der Waals surface area contributed by atoms with Gasteiger partial charge in [0, 0.05) is 32.2 Å². The van der Waals surface area contributed by atoms with Crippen LogP contribution in [-0.2, 0) is 16.6 Å². The van der Waals surface area contributed by atoms with Crippen molar-refractivity contribution in [3.63, 3.8) is 0 Å². The van der Waals surface area contributed by atoms with E-state index in [4.69, 9.17) is 23.2 Å². The fourth-order valence-corrected chi connectivity index (χ4v) is 4.67. The number of fused-ring (bicyclic) bond motifs is 1. The SMILES string of the molecule is O=S(Cc1cccc(Cl)c1Cl)c1nc2cc(N3CCNCC3)c(F)cc2[nH]1. The Morgan fingerprint density at radius 3 is 2.78 bits per heavy atom. The van der Waals surface area contributed by atoms with Crippen LogP contribution in [0.25, 0.3) is 11.0 Å².